The van der Waals surface area contributed by atoms with Crippen LogP contribution in [-0.2, 0) is 6.18 Å². The lowest BCUT2D eigenvalue weighted by molar-refractivity contribution is -0.137. The molecule has 1 saturated heterocycles. The lowest BCUT2D eigenvalue weighted by Crippen LogP contribution is -2.26. The predicted molar refractivity (Wildman–Crippen MR) is 137 cm³/mol. The zero-order valence-corrected chi connectivity index (χ0v) is 20.2. The number of hydrogen-bond donors (Lipinski definition) is 4. The van der Waals surface area contributed by atoms with Crippen LogP contribution in [0, 0.1) is 12.5 Å². The Balaban J connectivity index is 1.66. The number of alkyl halides is 3. The minimum atomic E-state index is -4.44. The second-order valence-corrected chi connectivity index (χ2v) is 9.01. The highest BCUT2D eigenvalue weighted by atomic mass is 19.4. The molecule has 0 spiro atoms. The standard InChI is InChI=1S/C28H27F3N4O2/c1-17-24(20-4-2-18(3-5-20)19-10-12-33-13-11-19)14-21(15-25(17)27(36)37)26(35-32)16-34-23-8-6-22(7-9-23)28(29,30)31/h2-9,14-16,19,32-34H,10-13H2,1H3,(H,36,37)/b26-16-,35-32?. The van der Waals surface area contributed by atoms with Gasteiger partial charge in [0.2, 0.25) is 0 Å². The SMILES string of the molecule is Cc1c(C(=O)O)cc(/C(=C/Nc2ccc(C(F)(F)F)cc2)N=N)cc1-c1ccc(C2CCNCC2)cc1. The summed E-state index contributed by atoms with van der Waals surface area (Å²) in [5.41, 5.74) is 11.2. The first-order valence-corrected chi connectivity index (χ1v) is 11.9. The summed E-state index contributed by atoms with van der Waals surface area (Å²) < 4.78 is 38.5. The first kappa shape index (κ1) is 26.1. The van der Waals surface area contributed by atoms with Crippen LogP contribution in [0.1, 0.15) is 51.4 Å². The smallest absolute Gasteiger partial charge is 0.416 e. The Morgan fingerprint density at radius 3 is 2.30 bits per heavy atom. The van der Waals surface area contributed by atoms with Crippen molar-refractivity contribution in [2.75, 3.05) is 18.4 Å². The summed E-state index contributed by atoms with van der Waals surface area (Å²) in [6, 6.07) is 15.8. The fourth-order valence-electron chi connectivity index (χ4n) is 4.56. The number of aromatic carboxylic acids is 1. The van der Waals surface area contributed by atoms with Gasteiger partial charge in [0.25, 0.3) is 0 Å². The topological polar surface area (TPSA) is 97.6 Å². The summed E-state index contributed by atoms with van der Waals surface area (Å²) in [6.45, 7) is 3.72. The number of piperidine rings is 1. The Morgan fingerprint density at radius 1 is 1.08 bits per heavy atom. The number of carboxylic acid groups (broad SMARTS) is 1. The third-order valence-corrected chi connectivity index (χ3v) is 6.67. The highest BCUT2D eigenvalue weighted by Gasteiger charge is 2.29. The summed E-state index contributed by atoms with van der Waals surface area (Å²) in [5, 5.41) is 19.6. The molecule has 0 unspecified atom stereocenters. The molecule has 0 aromatic heterocycles. The molecule has 3 aromatic carbocycles. The largest absolute Gasteiger partial charge is 0.478 e. The Labute approximate surface area is 212 Å². The zero-order chi connectivity index (χ0) is 26.6. The number of carboxylic acids is 1. The number of benzene rings is 3. The summed E-state index contributed by atoms with van der Waals surface area (Å²) in [5.74, 6) is -0.614. The molecule has 0 saturated carbocycles. The van der Waals surface area contributed by atoms with Crippen LogP contribution >= 0.6 is 0 Å². The summed E-state index contributed by atoms with van der Waals surface area (Å²) in [7, 11) is 0. The first-order chi connectivity index (χ1) is 17.7. The van der Waals surface area contributed by atoms with Gasteiger partial charge in [-0.2, -0.15) is 18.3 Å². The van der Waals surface area contributed by atoms with E-state index in [1.165, 1.54) is 30.0 Å². The number of halogens is 3. The van der Waals surface area contributed by atoms with E-state index >= 15 is 0 Å². The molecule has 1 heterocycles. The van der Waals surface area contributed by atoms with E-state index < -0.39 is 17.7 Å². The van der Waals surface area contributed by atoms with E-state index in [2.05, 4.69) is 27.9 Å². The second-order valence-electron chi connectivity index (χ2n) is 9.01. The fraction of sp³-hybridized carbons (Fsp3) is 0.250. The number of carbonyl (C=O) groups is 1. The van der Waals surface area contributed by atoms with E-state index in [9.17, 15) is 23.1 Å². The molecule has 37 heavy (non-hydrogen) atoms. The summed E-state index contributed by atoms with van der Waals surface area (Å²) in [4.78, 5) is 12.0. The Kier molecular flexibility index (Phi) is 7.73. The maximum absolute atomic E-state index is 12.8. The van der Waals surface area contributed by atoms with E-state index in [4.69, 9.17) is 5.53 Å². The van der Waals surface area contributed by atoms with E-state index in [1.54, 1.807) is 13.0 Å². The molecular formula is C28H27F3N4O2. The monoisotopic (exact) mass is 508 g/mol. The molecule has 9 heteroatoms. The van der Waals surface area contributed by atoms with Crippen molar-refractivity contribution in [3.8, 4) is 11.1 Å². The van der Waals surface area contributed by atoms with Crippen LogP contribution < -0.4 is 10.6 Å². The van der Waals surface area contributed by atoms with E-state index in [0.717, 1.165) is 43.6 Å². The van der Waals surface area contributed by atoms with Gasteiger partial charge in [0, 0.05) is 17.5 Å². The van der Waals surface area contributed by atoms with Crippen LogP contribution in [0.25, 0.3) is 16.8 Å². The van der Waals surface area contributed by atoms with Crippen molar-refractivity contribution in [2.45, 2.75) is 31.9 Å². The van der Waals surface area contributed by atoms with Gasteiger partial charge in [0.1, 0.15) is 5.70 Å². The fourth-order valence-corrected chi connectivity index (χ4v) is 4.56. The normalized spacial score (nSPS) is 14.9. The molecule has 1 fully saturated rings. The highest BCUT2D eigenvalue weighted by molar-refractivity contribution is 5.94. The molecule has 1 aliphatic heterocycles. The minimum absolute atomic E-state index is 0.0824. The number of anilines is 1. The lowest BCUT2D eigenvalue weighted by atomic mass is 9.88. The second kappa shape index (κ2) is 11.0. The number of hydrogen-bond acceptors (Lipinski definition) is 5. The quantitative estimate of drug-likeness (QED) is 0.252. The molecule has 4 rings (SSSR count). The number of nitrogens with one attached hydrogen (secondary N) is 3. The van der Waals surface area contributed by atoms with E-state index in [1.807, 2.05) is 12.1 Å². The molecule has 0 amide bonds. The molecule has 6 nitrogen and oxygen atoms in total. The maximum atomic E-state index is 12.8. The van der Waals surface area contributed by atoms with Crippen LogP contribution in [0.5, 0.6) is 0 Å². The Hall–Kier alpha value is -3.98. The first-order valence-electron chi connectivity index (χ1n) is 11.9. The van der Waals surface area contributed by atoms with Crippen molar-refractivity contribution in [2.24, 2.45) is 5.11 Å². The number of rotatable bonds is 7. The van der Waals surface area contributed by atoms with Crippen molar-refractivity contribution in [1.29, 1.82) is 5.53 Å². The van der Waals surface area contributed by atoms with E-state index in [-0.39, 0.29) is 11.3 Å². The van der Waals surface area contributed by atoms with Gasteiger partial charge in [-0.25, -0.2) is 10.3 Å². The van der Waals surface area contributed by atoms with Crippen LogP contribution in [0.3, 0.4) is 0 Å². The summed E-state index contributed by atoms with van der Waals surface area (Å²) in [6.07, 6.45) is -0.923. The van der Waals surface area contributed by atoms with Gasteiger partial charge in [0.15, 0.2) is 0 Å². The van der Waals surface area contributed by atoms with Crippen molar-refractivity contribution < 1.29 is 23.1 Å². The van der Waals surface area contributed by atoms with Gasteiger partial charge in [-0.05, 0) is 97.4 Å². The molecule has 192 valence electrons. The third-order valence-electron chi connectivity index (χ3n) is 6.67. The third kappa shape index (κ3) is 6.06. The molecule has 0 radical (unpaired) electrons. The van der Waals surface area contributed by atoms with Gasteiger partial charge in [-0.1, -0.05) is 24.3 Å². The summed E-state index contributed by atoms with van der Waals surface area (Å²) >= 11 is 0. The molecule has 4 N–H and O–H groups in total. The van der Waals surface area contributed by atoms with Gasteiger partial charge in [0.05, 0.1) is 11.1 Å². The van der Waals surface area contributed by atoms with Crippen LogP contribution in [0.15, 0.2) is 72.0 Å². The Bertz CT molecular complexity index is 1310. The molecule has 0 atom stereocenters. The average molecular weight is 509 g/mol. The highest BCUT2D eigenvalue weighted by Crippen LogP contribution is 2.34. The molecule has 0 bridgehead atoms. The molecule has 0 aliphatic carbocycles. The number of nitrogens with zero attached hydrogens (tertiary/aromatic N) is 1. The van der Waals surface area contributed by atoms with Crippen LogP contribution in [-0.4, -0.2) is 24.2 Å². The lowest BCUT2D eigenvalue weighted by Gasteiger charge is -2.23. The van der Waals surface area contributed by atoms with Gasteiger partial charge < -0.3 is 15.7 Å². The Morgan fingerprint density at radius 2 is 1.73 bits per heavy atom. The van der Waals surface area contributed by atoms with Gasteiger partial charge in [-0.3, -0.25) is 0 Å². The van der Waals surface area contributed by atoms with Crippen molar-refractivity contribution in [3.05, 3.63) is 94.7 Å². The van der Waals surface area contributed by atoms with Gasteiger partial charge in [-0.15, -0.1) is 0 Å². The van der Waals surface area contributed by atoms with Crippen LogP contribution in [0.2, 0.25) is 0 Å². The molecule has 1 aliphatic rings. The molecular weight excluding hydrogens is 481 g/mol. The average Bonchev–Trinajstić information content (AvgIpc) is 2.90. The van der Waals surface area contributed by atoms with Gasteiger partial charge >= 0.3 is 12.1 Å². The van der Waals surface area contributed by atoms with Crippen molar-refractivity contribution in [1.82, 2.24) is 5.32 Å². The van der Waals surface area contributed by atoms with Crippen LogP contribution in [0.4, 0.5) is 18.9 Å². The van der Waals surface area contributed by atoms with E-state index in [0.29, 0.717) is 28.3 Å². The zero-order valence-electron chi connectivity index (χ0n) is 20.2. The molecule has 3 aromatic rings. The maximum Gasteiger partial charge on any atom is 0.416 e. The predicted octanol–water partition coefficient (Wildman–Crippen LogP) is 7.29. The van der Waals surface area contributed by atoms with Crippen molar-refractivity contribution in [3.63, 3.8) is 0 Å². The van der Waals surface area contributed by atoms with Crippen molar-refractivity contribution >= 4 is 17.4 Å². The minimum Gasteiger partial charge on any atom is -0.478 e.